The highest BCUT2D eigenvalue weighted by molar-refractivity contribution is 6.43. The van der Waals surface area contributed by atoms with Crippen molar-refractivity contribution < 1.29 is 9.59 Å². The molecule has 2 aromatic carbocycles. The maximum Gasteiger partial charge on any atom is 0.329 e. The predicted molar refractivity (Wildman–Crippen MR) is 119 cm³/mol. The third-order valence-electron chi connectivity index (χ3n) is 4.51. The summed E-state index contributed by atoms with van der Waals surface area (Å²) in [5.41, 5.74) is 6.45. The molecule has 0 bridgehead atoms. The van der Waals surface area contributed by atoms with Gasteiger partial charge in [0.05, 0.1) is 21.9 Å². The lowest BCUT2D eigenvalue weighted by Crippen LogP contribution is -2.37. The molecule has 0 radical (unpaired) electrons. The summed E-state index contributed by atoms with van der Waals surface area (Å²) in [6, 6.07) is 16.6. The Morgan fingerprint density at radius 1 is 1.03 bits per heavy atom. The van der Waals surface area contributed by atoms with E-state index in [1.54, 1.807) is 6.07 Å². The van der Waals surface area contributed by atoms with E-state index in [1.165, 1.54) is 6.21 Å². The first-order valence-corrected chi connectivity index (χ1v) is 9.92. The van der Waals surface area contributed by atoms with Crippen molar-refractivity contribution in [2.45, 2.75) is 20.4 Å². The standard InChI is InChI=1S/C22H20Cl2N4O2/c1-14-11-17(15(2)28(14)19-10-6-9-18(23)20(19)24)13-26-27-22(30)21(29)25-12-16-7-4-3-5-8-16/h3-11,13H,12H2,1-2H3,(H,25,29)(H,27,30)/b26-13-. The zero-order valence-corrected chi connectivity index (χ0v) is 18.0. The van der Waals surface area contributed by atoms with Gasteiger partial charge in [-0.25, -0.2) is 5.43 Å². The molecule has 0 spiro atoms. The van der Waals surface area contributed by atoms with Crippen LogP contribution in [0.5, 0.6) is 0 Å². The fourth-order valence-electron chi connectivity index (χ4n) is 3.02. The van der Waals surface area contributed by atoms with Crippen LogP contribution < -0.4 is 10.7 Å². The number of carbonyl (C=O) groups excluding carboxylic acids is 2. The first-order valence-electron chi connectivity index (χ1n) is 9.17. The van der Waals surface area contributed by atoms with Gasteiger partial charge in [0.15, 0.2) is 0 Å². The van der Waals surface area contributed by atoms with Crippen molar-refractivity contribution in [3.63, 3.8) is 0 Å². The second-order valence-corrected chi connectivity index (χ2v) is 7.39. The Labute approximate surface area is 184 Å². The minimum Gasteiger partial charge on any atom is -0.344 e. The Morgan fingerprint density at radius 2 is 1.77 bits per heavy atom. The number of hydrazone groups is 1. The number of benzene rings is 2. The minimum absolute atomic E-state index is 0.262. The van der Waals surface area contributed by atoms with E-state index in [2.05, 4.69) is 15.8 Å². The van der Waals surface area contributed by atoms with Crippen molar-refractivity contribution in [3.8, 4) is 5.69 Å². The highest BCUT2D eigenvalue weighted by atomic mass is 35.5. The topological polar surface area (TPSA) is 75.5 Å². The van der Waals surface area contributed by atoms with Crippen LogP contribution in [0, 0.1) is 13.8 Å². The van der Waals surface area contributed by atoms with E-state index in [4.69, 9.17) is 23.2 Å². The third-order valence-corrected chi connectivity index (χ3v) is 5.32. The summed E-state index contributed by atoms with van der Waals surface area (Å²) in [6.45, 7) is 4.09. The number of nitrogens with zero attached hydrogens (tertiary/aromatic N) is 2. The Kier molecular flexibility index (Phi) is 6.92. The molecule has 30 heavy (non-hydrogen) atoms. The van der Waals surface area contributed by atoms with Crippen molar-refractivity contribution >= 4 is 41.2 Å². The fourth-order valence-corrected chi connectivity index (χ4v) is 3.40. The van der Waals surface area contributed by atoms with Gasteiger partial charge in [-0.3, -0.25) is 9.59 Å². The van der Waals surface area contributed by atoms with E-state index >= 15 is 0 Å². The van der Waals surface area contributed by atoms with Crippen LogP contribution in [0.1, 0.15) is 22.5 Å². The van der Waals surface area contributed by atoms with Crippen LogP contribution in [0.2, 0.25) is 10.0 Å². The van der Waals surface area contributed by atoms with E-state index in [-0.39, 0.29) is 6.54 Å². The molecule has 0 aliphatic carbocycles. The molecule has 8 heteroatoms. The van der Waals surface area contributed by atoms with Gasteiger partial charge in [0.1, 0.15) is 0 Å². The Morgan fingerprint density at radius 3 is 2.50 bits per heavy atom. The normalized spacial score (nSPS) is 10.9. The monoisotopic (exact) mass is 442 g/mol. The van der Waals surface area contributed by atoms with Crippen molar-refractivity contribution in [2.75, 3.05) is 0 Å². The molecule has 0 fully saturated rings. The van der Waals surface area contributed by atoms with Gasteiger partial charge in [0.2, 0.25) is 0 Å². The van der Waals surface area contributed by atoms with Gasteiger partial charge in [-0.05, 0) is 37.6 Å². The Balaban J connectivity index is 1.66. The van der Waals surface area contributed by atoms with Crippen LogP contribution in [0.4, 0.5) is 0 Å². The summed E-state index contributed by atoms with van der Waals surface area (Å²) >= 11 is 12.5. The molecule has 0 aliphatic heterocycles. The molecule has 3 aromatic rings. The van der Waals surface area contributed by atoms with Crippen LogP contribution in [0.25, 0.3) is 5.69 Å². The Bertz CT molecular complexity index is 1110. The number of amides is 2. The van der Waals surface area contributed by atoms with Gasteiger partial charge in [-0.15, -0.1) is 0 Å². The van der Waals surface area contributed by atoms with Crippen LogP contribution in [-0.2, 0) is 16.1 Å². The quantitative estimate of drug-likeness (QED) is 0.353. The van der Waals surface area contributed by atoms with Gasteiger partial charge >= 0.3 is 11.8 Å². The zero-order chi connectivity index (χ0) is 21.7. The van der Waals surface area contributed by atoms with Crippen molar-refractivity contribution in [3.05, 3.63) is 87.2 Å². The average molecular weight is 443 g/mol. The van der Waals surface area contributed by atoms with Gasteiger partial charge in [-0.2, -0.15) is 5.10 Å². The highest BCUT2D eigenvalue weighted by Crippen LogP contribution is 2.31. The van der Waals surface area contributed by atoms with Crippen LogP contribution in [0.15, 0.2) is 59.7 Å². The molecule has 2 N–H and O–H groups in total. The van der Waals surface area contributed by atoms with Crippen LogP contribution >= 0.6 is 23.2 Å². The number of rotatable bonds is 5. The number of carbonyl (C=O) groups is 2. The number of halogens is 2. The second kappa shape index (κ2) is 9.61. The largest absolute Gasteiger partial charge is 0.344 e. The number of aromatic nitrogens is 1. The molecule has 1 heterocycles. The first kappa shape index (κ1) is 21.6. The SMILES string of the molecule is Cc1cc(/C=N\NC(=O)C(=O)NCc2ccccc2)c(C)n1-c1cccc(Cl)c1Cl. The van der Waals surface area contributed by atoms with E-state index < -0.39 is 11.8 Å². The summed E-state index contributed by atoms with van der Waals surface area (Å²) in [5.74, 6) is -1.60. The van der Waals surface area contributed by atoms with Crippen molar-refractivity contribution in [1.82, 2.24) is 15.3 Å². The fraction of sp³-hybridized carbons (Fsp3) is 0.136. The molecule has 154 valence electrons. The predicted octanol–water partition coefficient (Wildman–Crippen LogP) is 4.17. The van der Waals surface area contributed by atoms with Crippen LogP contribution in [-0.4, -0.2) is 22.6 Å². The van der Waals surface area contributed by atoms with E-state index in [0.717, 1.165) is 28.2 Å². The summed E-state index contributed by atoms with van der Waals surface area (Å²) in [4.78, 5) is 23.9. The molecule has 1 aromatic heterocycles. The smallest absolute Gasteiger partial charge is 0.329 e. The van der Waals surface area contributed by atoms with Crippen LogP contribution in [0.3, 0.4) is 0 Å². The molecule has 0 atom stereocenters. The molecular weight excluding hydrogens is 423 g/mol. The number of hydrogen-bond acceptors (Lipinski definition) is 3. The molecule has 0 unspecified atom stereocenters. The van der Waals surface area contributed by atoms with E-state index in [1.807, 2.05) is 66.9 Å². The lowest BCUT2D eigenvalue weighted by Gasteiger charge is -2.12. The van der Waals surface area contributed by atoms with Crippen molar-refractivity contribution in [1.29, 1.82) is 0 Å². The summed E-state index contributed by atoms with van der Waals surface area (Å²) in [5, 5.41) is 7.37. The lowest BCUT2D eigenvalue weighted by molar-refractivity contribution is -0.139. The molecule has 0 saturated heterocycles. The van der Waals surface area contributed by atoms with Gasteiger partial charge in [0.25, 0.3) is 0 Å². The van der Waals surface area contributed by atoms with Gasteiger partial charge in [-0.1, -0.05) is 59.6 Å². The number of aryl methyl sites for hydroxylation is 1. The Hall–Kier alpha value is -3.09. The third kappa shape index (κ3) is 4.90. The van der Waals surface area contributed by atoms with Gasteiger partial charge < -0.3 is 9.88 Å². The lowest BCUT2D eigenvalue weighted by atomic mass is 10.2. The van der Waals surface area contributed by atoms with E-state index in [9.17, 15) is 9.59 Å². The molecule has 6 nitrogen and oxygen atoms in total. The summed E-state index contributed by atoms with van der Waals surface area (Å²) in [6.07, 6.45) is 1.49. The van der Waals surface area contributed by atoms with Crippen molar-refractivity contribution in [2.24, 2.45) is 5.10 Å². The molecule has 2 amide bonds. The maximum absolute atomic E-state index is 11.9. The average Bonchev–Trinajstić information content (AvgIpc) is 3.02. The van der Waals surface area contributed by atoms with E-state index in [0.29, 0.717) is 10.0 Å². The first-order chi connectivity index (χ1) is 14.4. The molecular formula is C22H20Cl2N4O2. The zero-order valence-electron chi connectivity index (χ0n) is 16.4. The number of nitrogens with one attached hydrogen (secondary N) is 2. The second-order valence-electron chi connectivity index (χ2n) is 6.60. The molecule has 3 rings (SSSR count). The molecule has 0 saturated carbocycles. The summed E-state index contributed by atoms with van der Waals surface area (Å²) < 4.78 is 1.95. The molecule has 0 aliphatic rings. The minimum atomic E-state index is -0.839. The summed E-state index contributed by atoms with van der Waals surface area (Å²) in [7, 11) is 0. The number of hydrogen-bond donors (Lipinski definition) is 2. The van der Waals surface area contributed by atoms with Gasteiger partial charge in [0, 0.05) is 23.5 Å². The maximum atomic E-state index is 11.9. The highest BCUT2D eigenvalue weighted by Gasteiger charge is 2.15.